The molecular formula is C24H20N4O3S. The first-order valence-corrected chi connectivity index (χ1v) is 10.8. The summed E-state index contributed by atoms with van der Waals surface area (Å²) in [6.45, 7) is 0. The van der Waals surface area contributed by atoms with Gasteiger partial charge >= 0.3 is 0 Å². The Balaban J connectivity index is 1.46. The van der Waals surface area contributed by atoms with Crippen molar-refractivity contribution in [2.24, 2.45) is 7.05 Å². The third-order valence-corrected chi connectivity index (χ3v) is 6.23. The van der Waals surface area contributed by atoms with E-state index >= 15 is 0 Å². The molecule has 160 valence electrons. The van der Waals surface area contributed by atoms with Crippen molar-refractivity contribution in [3.8, 4) is 16.5 Å². The second-order valence-corrected chi connectivity index (χ2v) is 8.23. The normalized spacial score (nSPS) is 12.1. The Morgan fingerprint density at radius 2 is 1.94 bits per heavy atom. The number of thiazole rings is 1. The third-order valence-electron chi connectivity index (χ3n) is 5.18. The number of nitrogens with one attached hydrogen (secondary N) is 1. The molecule has 0 saturated carbocycles. The van der Waals surface area contributed by atoms with E-state index in [0.29, 0.717) is 17.3 Å². The van der Waals surface area contributed by atoms with Crippen LogP contribution in [0.2, 0.25) is 0 Å². The lowest BCUT2D eigenvalue weighted by Crippen LogP contribution is -2.31. The number of aryl methyl sites for hydroxylation is 1. The van der Waals surface area contributed by atoms with E-state index in [9.17, 15) is 4.79 Å². The molecule has 3 heterocycles. The molecule has 5 aromatic rings. The minimum Gasteiger partial charge on any atom is -0.496 e. The zero-order valence-corrected chi connectivity index (χ0v) is 18.3. The zero-order valence-electron chi connectivity index (χ0n) is 17.5. The Morgan fingerprint density at radius 1 is 1.12 bits per heavy atom. The molecule has 0 spiro atoms. The van der Waals surface area contributed by atoms with E-state index in [4.69, 9.17) is 9.15 Å². The summed E-state index contributed by atoms with van der Waals surface area (Å²) in [5, 5.41) is 3.78. The van der Waals surface area contributed by atoms with E-state index in [1.807, 2.05) is 66.3 Å². The molecule has 2 aromatic carbocycles. The van der Waals surface area contributed by atoms with Crippen molar-refractivity contribution in [1.29, 1.82) is 0 Å². The van der Waals surface area contributed by atoms with Crippen LogP contribution in [0.15, 0.2) is 77.5 Å². The molecular weight excluding hydrogens is 424 g/mol. The topological polar surface area (TPSA) is 82.2 Å². The monoisotopic (exact) mass is 444 g/mol. The van der Waals surface area contributed by atoms with E-state index in [1.54, 1.807) is 25.4 Å². The molecule has 32 heavy (non-hydrogen) atoms. The van der Waals surface area contributed by atoms with E-state index in [-0.39, 0.29) is 11.7 Å². The van der Waals surface area contributed by atoms with Crippen molar-refractivity contribution in [2.75, 3.05) is 7.11 Å². The highest BCUT2D eigenvalue weighted by atomic mass is 32.1. The molecule has 0 saturated heterocycles. The number of benzene rings is 2. The molecule has 1 atom stereocenters. The predicted molar refractivity (Wildman–Crippen MR) is 123 cm³/mol. The standard InChI is InChI=1S/C24H20N4O3S/c1-28-14-13-25-22(28)21(15-7-3-5-9-17(15)30-2)27-23(29)18-11-12-19(31-18)24-26-16-8-4-6-10-20(16)32-24/h3-14,21H,1-2H3,(H,27,29). The summed E-state index contributed by atoms with van der Waals surface area (Å²) < 4.78 is 14.3. The quantitative estimate of drug-likeness (QED) is 0.406. The van der Waals surface area contributed by atoms with Gasteiger partial charge in [-0.1, -0.05) is 30.3 Å². The molecule has 7 nitrogen and oxygen atoms in total. The van der Waals surface area contributed by atoms with Crippen molar-refractivity contribution < 1.29 is 13.9 Å². The molecule has 1 unspecified atom stereocenters. The van der Waals surface area contributed by atoms with Gasteiger partial charge in [0.25, 0.3) is 5.91 Å². The maximum atomic E-state index is 13.2. The Kier molecular flexibility index (Phi) is 5.20. The molecule has 8 heteroatoms. The number of carbonyl (C=O) groups is 1. The van der Waals surface area contributed by atoms with E-state index in [1.165, 1.54) is 11.3 Å². The zero-order chi connectivity index (χ0) is 22.1. The first-order chi connectivity index (χ1) is 15.6. The van der Waals surface area contributed by atoms with E-state index in [2.05, 4.69) is 15.3 Å². The number of aromatic nitrogens is 3. The van der Waals surface area contributed by atoms with Gasteiger partial charge in [0.15, 0.2) is 16.5 Å². The van der Waals surface area contributed by atoms with Gasteiger partial charge in [-0.15, -0.1) is 11.3 Å². The number of para-hydroxylation sites is 2. The fraction of sp³-hybridized carbons (Fsp3) is 0.125. The van der Waals surface area contributed by atoms with Gasteiger partial charge in [0.05, 0.1) is 17.3 Å². The smallest absolute Gasteiger partial charge is 0.287 e. The number of fused-ring (bicyclic) bond motifs is 1. The average Bonchev–Trinajstić information content (AvgIpc) is 3.56. The van der Waals surface area contributed by atoms with Crippen LogP contribution >= 0.6 is 11.3 Å². The molecule has 5 rings (SSSR count). The van der Waals surface area contributed by atoms with Gasteiger partial charge in [-0.2, -0.15) is 0 Å². The van der Waals surface area contributed by atoms with Gasteiger partial charge in [-0.3, -0.25) is 4.79 Å². The van der Waals surface area contributed by atoms with Gasteiger partial charge in [-0.25, -0.2) is 9.97 Å². The number of imidazole rings is 1. The van der Waals surface area contributed by atoms with E-state index < -0.39 is 6.04 Å². The van der Waals surface area contributed by atoms with E-state index in [0.717, 1.165) is 20.8 Å². The molecule has 0 aliphatic rings. The lowest BCUT2D eigenvalue weighted by molar-refractivity contribution is 0.0913. The molecule has 0 aliphatic heterocycles. The number of methoxy groups -OCH3 is 1. The van der Waals surface area contributed by atoms with Crippen LogP contribution in [0.25, 0.3) is 21.0 Å². The van der Waals surface area contributed by atoms with Crippen LogP contribution in [-0.2, 0) is 7.05 Å². The van der Waals surface area contributed by atoms with Crippen molar-refractivity contribution >= 4 is 27.5 Å². The number of rotatable bonds is 6. The molecule has 0 aliphatic carbocycles. The van der Waals surface area contributed by atoms with Crippen LogP contribution in [0.1, 0.15) is 28.0 Å². The Morgan fingerprint density at radius 3 is 2.72 bits per heavy atom. The molecule has 0 bridgehead atoms. The molecule has 1 N–H and O–H groups in total. The van der Waals surface area contributed by atoms with Crippen molar-refractivity contribution in [2.45, 2.75) is 6.04 Å². The maximum Gasteiger partial charge on any atom is 0.287 e. The molecule has 3 aromatic heterocycles. The Bertz CT molecular complexity index is 1370. The minimum absolute atomic E-state index is 0.202. The van der Waals surface area contributed by atoms with Crippen molar-refractivity contribution in [3.05, 3.63) is 90.2 Å². The molecule has 0 fully saturated rings. The second kappa shape index (κ2) is 8.32. The fourth-order valence-electron chi connectivity index (χ4n) is 3.60. The molecule has 0 radical (unpaired) electrons. The second-order valence-electron chi connectivity index (χ2n) is 7.20. The number of nitrogens with zero attached hydrogens (tertiary/aromatic N) is 3. The van der Waals surface area contributed by atoms with Crippen LogP contribution in [0, 0.1) is 0 Å². The number of amides is 1. The van der Waals surface area contributed by atoms with Crippen LogP contribution in [-0.4, -0.2) is 27.6 Å². The lowest BCUT2D eigenvalue weighted by Gasteiger charge is -2.20. The Labute approximate surface area is 188 Å². The maximum absolute atomic E-state index is 13.2. The number of carbonyl (C=O) groups excluding carboxylic acids is 1. The first kappa shape index (κ1) is 20.0. The van der Waals surface area contributed by atoms with Gasteiger partial charge in [-0.05, 0) is 30.3 Å². The fourth-order valence-corrected chi connectivity index (χ4v) is 4.52. The predicted octanol–water partition coefficient (Wildman–Crippen LogP) is 4.82. The van der Waals surface area contributed by atoms with Gasteiger partial charge in [0.2, 0.25) is 0 Å². The Hall–Kier alpha value is -3.91. The highest BCUT2D eigenvalue weighted by Crippen LogP contribution is 2.32. The highest BCUT2D eigenvalue weighted by Gasteiger charge is 2.26. The van der Waals surface area contributed by atoms with Crippen LogP contribution in [0.3, 0.4) is 0 Å². The summed E-state index contributed by atoms with van der Waals surface area (Å²) in [5.74, 6) is 1.75. The SMILES string of the molecule is COc1ccccc1C(NC(=O)c1ccc(-c2nc3ccccc3s2)o1)c1nccn1C. The van der Waals surface area contributed by atoms with Crippen LogP contribution in [0.4, 0.5) is 0 Å². The minimum atomic E-state index is -0.519. The number of hydrogen-bond donors (Lipinski definition) is 1. The molecule has 1 amide bonds. The third kappa shape index (κ3) is 3.65. The van der Waals surface area contributed by atoms with Gasteiger partial charge in [0.1, 0.15) is 17.6 Å². The van der Waals surface area contributed by atoms with Crippen LogP contribution in [0.5, 0.6) is 5.75 Å². The largest absolute Gasteiger partial charge is 0.496 e. The summed E-state index contributed by atoms with van der Waals surface area (Å²) >= 11 is 1.52. The summed E-state index contributed by atoms with van der Waals surface area (Å²) in [7, 11) is 3.49. The van der Waals surface area contributed by atoms with Crippen molar-refractivity contribution in [1.82, 2.24) is 19.9 Å². The van der Waals surface area contributed by atoms with Gasteiger partial charge < -0.3 is 19.0 Å². The number of hydrogen-bond acceptors (Lipinski definition) is 6. The summed E-state index contributed by atoms with van der Waals surface area (Å²) in [6, 6.07) is 18.4. The number of ether oxygens (including phenoxy) is 1. The van der Waals surface area contributed by atoms with Crippen molar-refractivity contribution in [3.63, 3.8) is 0 Å². The lowest BCUT2D eigenvalue weighted by atomic mass is 10.0. The number of furan rings is 1. The summed E-state index contributed by atoms with van der Waals surface area (Å²) in [4.78, 5) is 22.2. The first-order valence-electron chi connectivity index (χ1n) is 10.0. The summed E-state index contributed by atoms with van der Waals surface area (Å²) in [6.07, 6.45) is 3.53. The van der Waals surface area contributed by atoms with Crippen LogP contribution < -0.4 is 10.1 Å². The summed E-state index contributed by atoms with van der Waals surface area (Å²) in [5.41, 5.74) is 1.71. The average molecular weight is 445 g/mol. The van der Waals surface area contributed by atoms with Gasteiger partial charge in [0, 0.05) is 25.0 Å². The highest BCUT2D eigenvalue weighted by molar-refractivity contribution is 7.21.